The molecular weight excluding hydrogens is 278 g/mol. The van der Waals surface area contributed by atoms with Crippen LogP contribution in [0.25, 0.3) is 5.65 Å². The molecule has 1 saturated carbocycles. The molecule has 2 aromatic heterocycles. The number of aliphatic hydroxyl groups is 1. The van der Waals surface area contributed by atoms with Crippen molar-refractivity contribution < 1.29 is 5.11 Å². The summed E-state index contributed by atoms with van der Waals surface area (Å²) in [6.45, 7) is 0. The maximum Gasteiger partial charge on any atom is 0.350 e. The Morgan fingerprint density at radius 3 is 3.05 bits per heavy atom. The fourth-order valence-corrected chi connectivity index (χ4v) is 3.17. The molecule has 7 nitrogen and oxygen atoms in total. The average Bonchev–Trinajstić information content (AvgIpc) is 2.80. The first kappa shape index (κ1) is 13.1. The summed E-state index contributed by atoms with van der Waals surface area (Å²) in [7, 11) is 0. The predicted molar refractivity (Wildman–Crippen MR) is 72.5 cm³/mol. The van der Waals surface area contributed by atoms with Crippen molar-refractivity contribution >= 4 is 17.4 Å². The van der Waals surface area contributed by atoms with Crippen molar-refractivity contribution in [1.82, 2.24) is 19.6 Å². The van der Waals surface area contributed by atoms with Gasteiger partial charge in [0, 0.05) is 5.75 Å². The maximum absolute atomic E-state index is 11.8. The van der Waals surface area contributed by atoms with E-state index in [1.807, 2.05) is 6.07 Å². The van der Waals surface area contributed by atoms with E-state index in [9.17, 15) is 9.90 Å². The van der Waals surface area contributed by atoms with E-state index in [0.29, 0.717) is 17.3 Å². The normalized spacial score (nSPS) is 16.8. The number of nitrogens with one attached hydrogen (secondary N) is 1. The number of hydrogen-bond donors (Lipinski definition) is 2. The summed E-state index contributed by atoms with van der Waals surface area (Å²) >= 11 is 1.37. The Kier molecular flexibility index (Phi) is 3.23. The third-order valence-electron chi connectivity index (χ3n) is 3.57. The van der Waals surface area contributed by atoms with Crippen molar-refractivity contribution in [3.63, 3.8) is 0 Å². The monoisotopic (exact) mass is 291 g/mol. The summed E-state index contributed by atoms with van der Waals surface area (Å²) in [6.07, 6.45) is 4.76. The largest absolute Gasteiger partial charge is 0.390 e. The lowest BCUT2D eigenvalue weighted by atomic mass is 9.78. The van der Waals surface area contributed by atoms with E-state index < -0.39 is 11.3 Å². The number of nitrogens with zero attached hydrogens (tertiary/aromatic N) is 4. The van der Waals surface area contributed by atoms with Gasteiger partial charge in [-0.05, 0) is 25.7 Å². The number of fused-ring (bicyclic) bond motifs is 1. The second-order valence-electron chi connectivity index (χ2n) is 4.93. The van der Waals surface area contributed by atoms with E-state index in [-0.39, 0.29) is 11.2 Å². The van der Waals surface area contributed by atoms with E-state index in [1.165, 1.54) is 18.0 Å². The van der Waals surface area contributed by atoms with Gasteiger partial charge in [0.05, 0.1) is 11.8 Å². The van der Waals surface area contributed by atoms with Gasteiger partial charge in [0.1, 0.15) is 11.6 Å². The van der Waals surface area contributed by atoms with Gasteiger partial charge in [0.25, 0.3) is 0 Å². The quantitative estimate of drug-likeness (QED) is 0.802. The molecule has 0 amide bonds. The standard InChI is InChI=1S/C12H13N5O2S/c13-6-8-7-14-17-9(8)15-10(16-11(17)18)20-5-4-12(19)2-1-3-12/h7,19H,1-5H2,(H,15,16,18). The van der Waals surface area contributed by atoms with Crippen LogP contribution in [-0.2, 0) is 0 Å². The average molecular weight is 291 g/mol. The van der Waals surface area contributed by atoms with Gasteiger partial charge in [-0.2, -0.15) is 14.9 Å². The molecular formula is C12H13N5O2S. The summed E-state index contributed by atoms with van der Waals surface area (Å²) in [5.41, 5.74) is -0.413. The van der Waals surface area contributed by atoms with Gasteiger partial charge in [0.2, 0.25) is 0 Å². The van der Waals surface area contributed by atoms with Crippen LogP contribution in [0.2, 0.25) is 0 Å². The molecule has 1 aliphatic rings. The number of thioether (sulfide) groups is 1. The van der Waals surface area contributed by atoms with Crippen LogP contribution in [0.1, 0.15) is 31.2 Å². The summed E-state index contributed by atoms with van der Waals surface area (Å²) < 4.78 is 1.07. The highest BCUT2D eigenvalue weighted by molar-refractivity contribution is 7.99. The molecule has 2 aromatic rings. The summed E-state index contributed by atoms with van der Waals surface area (Å²) in [4.78, 5) is 18.6. The molecule has 0 radical (unpaired) electrons. The SMILES string of the molecule is N#Cc1cnn2c(=O)[nH]c(SCCC3(O)CCC3)nc12. The van der Waals surface area contributed by atoms with Gasteiger partial charge in [-0.25, -0.2) is 9.78 Å². The summed E-state index contributed by atoms with van der Waals surface area (Å²) in [5, 5.41) is 23.2. The molecule has 0 aromatic carbocycles. The van der Waals surface area contributed by atoms with Crippen molar-refractivity contribution in [2.24, 2.45) is 0 Å². The van der Waals surface area contributed by atoms with Crippen LogP contribution in [-0.4, -0.2) is 36.0 Å². The third-order valence-corrected chi connectivity index (χ3v) is 4.44. The molecule has 104 valence electrons. The highest BCUT2D eigenvalue weighted by Crippen LogP contribution is 2.35. The van der Waals surface area contributed by atoms with Crippen LogP contribution in [0.4, 0.5) is 0 Å². The van der Waals surface area contributed by atoms with Gasteiger partial charge in [0.15, 0.2) is 10.8 Å². The minimum Gasteiger partial charge on any atom is -0.390 e. The van der Waals surface area contributed by atoms with E-state index >= 15 is 0 Å². The molecule has 0 bridgehead atoms. The van der Waals surface area contributed by atoms with Crippen molar-refractivity contribution in [3.8, 4) is 6.07 Å². The first-order valence-electron chi connectivity index (χ1n) is 6.35. The fourth-order valence-electron chi connectivity index (χ4n) is 2.19. The number of aromatic amines is 1. The van der Waals surface area contributed by atoms with Crippen LogP contribution in [0.15, 0.2) is 16.1 Å². The molecule has 0 spiro atoms. The molecule has 0 aliphatic heterocycles. The van der Waals surface area contributed by atoms with Crippen molar-refractivity contribution in [1.29, 1.82) is 5.26 Å². The molecule has 2 N–H and O–H groups in total. The van der Waals surface area contributed by atoms with E-state index in [0.717, 1.165) is 23.8 Å². The van der Waals surface area contributed by atoms with Crippen molar-refractivity contribution in [2.75, 3.05) is 5.75 Å². The Labute approximate surface area is 118 Å². The minimum absolute atomic E-state index is 0.265. The van der Waals surface area contributed by atoms with Crippen LogP contribution in [0.5, 0.6) is 0 Å². The first-order chi connectivity index (χ1) is 9.61. The molecule has 0 atom stereocenters. The molecule has 3 rings (SSSR count). The first-order valence-corrected chi connectivity index (χ1v) is 7.33. The number of H-pyrrole nitrogens is 1. The lowest BCUT2D eigenvalue weighted by Crippen LogP contribution is -2.37. The van der Waals surface area contributed by atoms with Crippen LogP contribution < -0.4 is 5.69 Å². The molecule has 8 heteroatoms. The number of rotatable bonds is 4. The summed E-state index contributed by atoms with van der Waals surface area (Å²) in [6, 6.07) is 1.96. The van der Waals surface area contributed by atoms with E-state index in [1.54, 1.807) is 0 Å². The summed E-state index contributed by atoms with van der Waals surface area (Å²) in [5.74, 6) is 0.672. The fraction of sp³-hybridized carbons (Fsp3) is 0.500. The molecule has 0 saturated heterocycles. The second kappa shape index (κ2) is 4.92. The zero-order valence-corrected chi connectivity index (χ0v) is 11.5. The van der Waals surface area contributed by atoms with Crippen LogP contribution >= 0.6 is 11.8 Å². The second-order valence-corrected chi connectivity index (χ2v) is 6.01. The van der Waals surface area contributed by atoms with Gasteiger partial charge >= 0.3 is 5.69 Å². The smallest absolute Gasteiger partial charge is 0.350 e. The Bertz CT molecular complexity index is 740. The number of aromatic nitrogens is 4. The molecule has 1 fully saturated rings. The Morgan fingerprint density at radius 2 is 2.40 bits per heavy atom. The number of hydrogen-bond acceptors (Lipinski definition) is 6. The topological polar surface area (TPSA) is 107 Å². The van der Waals surface area contributed by atoms with Gasteiger partial charge < -0.3 is 5.11 Å². The number of nitriles is 1. The highest BCUT2D eigenvalue weighted by Gasteiger charge is 2.33. The Hall–Kier alpha value is -1.85. The van der Waals surface area contributed by atoms with Gasteiger partial charge in [-0.1, -0.05) is 11.8 Å². The van der Waals surface area contributed by atoms with Gasteiger partial charge in [-0.15, -0.1) is 0 Å². The maximum atomic E-state index is 11.8. The zero-order valence-electron chi connectivity index (χ0n) is 10.7. The highest BCUT2D eigenvalue weighted by atomic mass is 32.2. The molecule has 2 heterocycles. The van der Waals surface area contributed by atoms with E-state index in [2.05, 4.69) is 15.1 Å². The Morgan fingerprint density at radius 1 is 1.60 bits per heavy atom. The van der Waals surface area contributed by atoms with Gasteiger partial charge in [-0.3, -0.25) is 4.98 Å². The molecule has 0 unspecified atom stereocenters. The van der Waals surface area contributed by atoms with Crippen LogP contribution in [0.3, 0.4) is 0 Å². The third kappa shape index (κ3) is 2.30. The van der Waals surface area contributed by atoms with Crippen molar-refractivity contribution in [3.05, 3.63) is 22.2 Å². The minimum atomic E-state index is -0.536. The Balaban J connectivity index is 1.78. The lowest BCUT2D eigenvalue weighted by Gasteiger charge is -2.36. The predicted octanol–water partition coefficient (Wildman–Crippen LogP) is 0.686. The molecule has 1 aliphatic carbocycles. The zero-order chi connectivity index (χ0) is 14.2. The van der Waals surface area contributed by atoms with E-state index in [4.69, 9.17) is 5.26 Å². The molecule has 20 heavy (non-hydrogen) atoms. The lowest BCUT2D eigenvalue weighted by molar-refractivity contribution is -0.0349. The van der Waals surface area contributed by atoms with Crippen molar-refractivity contribution in [2.45, 2.75) is 36.4 Å². The van der Waals surface area contributed by atoms with Crippen LogP contribution in [0, 0.1) is 11.3 Å².